The average molecular weight is 350 g/mol. The van der Waals surface area contributed by atoms with Crippen LogP contribution in [-0.4, -0.2) is 28.4 Å². The second-order valence-electron chi connectivity index (χ2n) is 8.45. The van der Waals surface area contributed by atoms with Crippen molar-refractivity contribution >= 4 is 17.9 Å². The number of carbonyl (C=O) groups is 2. The second-order valence-corrected chi connectivity index (χ2v) is 8.45. The molecule has 0 fully saturated rings. The van der Waals surface area contributed by atoms with E-state index in [0.29, 0.717) is 11.6 Å². The molecule has 6 nitrogen and oxygen atoms in total. The number of nitrogens with zero attached hydrogens (tertiary/aromatic N) is 2. The van der Waals surface area contributed by atoms with Gasteiger partial charge in [-0.1, -0.05) is 13.8 Å². The third-order valence-corrected chi connectivity index (χ3v) is 2.83. The van der Waals surface area contributed by atoms with Crippen LogP contribution in [0.4, 0.5) is 15.3 Å². The van der Waals surface area contributed by atoms with E-state index in [1.807, 2.05) is 0 Å². The van der Waals surface area contributed by atoms with Crippen molar-refractivity contribution in [3.05, 3.63) is 24.0 Å². The number of ether oxygens (including phenoxy) is 2. The number of pyridine rings is 1. The van der Waals surface area contributed by atoms with Gasteiger partial charge in [-0.15, -0.1) is 0 Å². The van der Waals surface area contributed by atoms with Crippen LogP contribution in [0.5, 0.6) is 0 Å². The predicted octanol–water partition coefficient (Wildman–Crippen LogP) is 4.96. The van der Waals surface area contributed by atoms with E-state index < -0.39 is 23.4 Å². The summed E-state index contributed by atoms with van der Waals surface area (Å²) in [6.45, 7) is 14.6. The minimum Gasteiger partial charge on any atom is -0.443 e. The summed E-state index contributed by atoms with van der Waals surface area (Å²) < 4.78 is 10.7. The average Bonchev–Trinajstić information content (AvgIpc) is 2.33. The van der Waals surface area contributed by atoms with E-state index in [-0.39, 0.29) is 0 Å². The van der Waals surface area contributed by atoms with Gasteiger partial charge in [-0.25, -0.2) is 9.59 Å². The molecule has 0 spiro atoms. The van der Waals surface area contributed by atoms with Gasteiger partial charge in [0.05, 0.1) is 11.9 Å². The molecule has 0 aliphatic heterocycles. The maximum atomic E-state index is 12.6. The van der Waals surface area contributed by atoms with Crippen LogP contribution in [0.3, 0.4) is 0 Å². The van der Waals surface area contributed by atoms with Gasteiger partial charge in [0.1, 0.15) is 11.2 Å². The molecule has 0 radical (unpaired) electrons. The van der Waals surface area contributed by atoms with Gasteiger partial charge in [-0.2, -0.15) is 4.90 Å². The highest BCUT2D eigenvalue weighted by atomic mass is 16.6. The van der Waals surface area contributed by atoms with E-state index in [1.54, 1.807) is 53.8 Å². The van der Waals surface area contributed by atoms with Gasteiger partial charge in [-0.3, -0.25) is 4.98 Å². The zero-order valence-corrected chi connectivity index (χ0v) is 16.5. The molecule has 1 rings (SSSR count). The lowest BCUT2D eigenvalue weighted by molar-refractivity contribution is 0.0430. The number of amides is 2. The Bertz CT molecular complexity index is 585. The topological polar surface area (TPSA) is 68.7 Å². The van der Waals surface area contributed by atoms with Gasteiger partial charge in [-0.05, 0) is 65.5 Å². The first-order valence-electron chi connectivity index (χ1n) is 8.48. The molecular formula is C19H30N2O4. The molecule has 2 amide bonds. The summed E-state index contributed by atoms with van der Waals surface area (Å²) in [7, 11) is 0. The Kier molecular flexibility index (Phi) is 6.57. The van der Waals surface area contributed by atoms with Crippen molar-refractivity contribution in [3.8, 4) is 0 Å². The molecule has 1 heterocycles. The highest BCUT2D eigenvalue weighted by molar-refractivity contribution is 6.09. The molecule has 0 saturated carbocycles. The van der Waals surface area contributed by atoms with Crippen molar-refractivity contribution in [2.45, 2.75) is 73.0 Å². The van der Waals surface area contributed by atoms with E-state index in [0.717, 1.165) is 16.9 Å². The minimum absolute atomic E-state index is 0.335. The number of hydrogen-bond acceptors (Lipinski definition) is 5. The first-order chi connectivity index (χ1) is 11.3. The lowest BCUT2D eigenvalue weighted by Gasteiger charge is -2.28. The maximum absolute atomic E-state index is 12.6. The van der Waals surface area contributed by atoms with Crippen LogP contribution in [0.25, 0.3) is 0 Å². The molecule has 0 N–H and O–H groups in total. The molecular weight excluding hydrogens is 320 g/mol. The fourth-order valence-electron chi connectivity index (χ4n) is 2.08. The SMILES string of the molecule is CC(C)Cc1cncc(N(C(=O)OC(C)(C)C)C(=O)OC(C)(C)C)c1. The van der Waals surface area contributed by atoms with Gasteiger partial charge in [0.15, 0.2) is 0 Å². The number of rotatable bonds is 3. The smallest absolute Gasteiger partial charge is 0.424 e. The van der Waals surface area contributed by atoms with E-state index in [2.05, 4.69) is 18.8 Å². The number of hydrogen-bond donors (Lipinski definition) is 0. The third kappa shape index (κ3) is 7.54. The van der Waals surface area contributed by atoms with E-state index >= 15 is 0 Å². The van der Waals surface area contributed by atoms with E-state index in [9.17, 15) is 9.59 Å². The van der Waals surface area contributed by atoms with E-state index in [4.69, 9.17) is 9.47 Å². The summed E-state index contributed by atoms with van der Waals surface area (Å²) in [5.74, 6) is 0.425. The fourth-order valence-corrected chi connectivity index (χ4v) is 2.08. The van der Waals surface area contributed by atoms with Crippen LogP contribution < -0.4 is 4.90 Å². The molecule has 0 saturated heterocycles. The summed E-state index contributed by atoms with van der Waals surface area (Å²) in [6, 6.07) is 1.76. The van der Waals surface area contributed by atoms with Crippen molar-refractivity contribution in [2.75, 3.05) is 4.90 Å². The fraction of sp³-hybridized carbons (Fsp3) is 0.632. The Balaban J connectivity index is 3.22. The Labute approximate surface area is 150 Å². The molecule has 140 valence electrons. The molecule has 0 aromatic carbocycles. The van der Waals surface area contributed by atoms with Crippen molar-refractivity contribution in [1.29, 1.82) is 0 Å². The molecule has 6 heteroatoms. The highest BCUT2D eigenvalue weighted by Crippen LogP contribution is 2.22. The number of aromatic nitrogens is 1. The number of carbonyl (C=O) groups excluding carboxylic acids is 2. The lowest BCUT2D eigenvalue weighted by atomic mass is 10.0. The van der Waals surface area contributed by atoms with Crippen molar-refractivity contribution in [2.24, 2.45) is 5.92 Å². The van der Waals surface area contributed by atoms with Crippen molar-refractivity contribution in [3.63, 3.8) is 0 Å². The van der Waals surface area contributed by atoms with Crippen LogP contribution in [0.1, 0.15) is 61.0 Å². The van der Waals surface area contributed by atoms with E-state index in [1.165, 1.54) is 6.20 Å². The normalized spacial score (nSPS) is 12.0. The molecule has 0 aliphatic carbocycles. The van der Waals surface area contributed by atoms with Crippen molar-refractivity contribution < 1.29 is 19.1 Å². The Morgan fingerprint density at radius 2 is 1.48 bits per heavy atom. The monoisotopic (exact) mass is 350 g/mol. The predicted molar refractivity (Wildman–Crippen MR) is 97.7 cm³/mol. The Hall–Kier alpha value is -2.11. The second kappa shape index (κ2) is 7.85. The van der Waals surface area contributed by atoms with Crippen LogP contribution in [0, 0.1) is 5.92 Å². The third-order valence-electron chi connectivity index (χ3n) is 2.83. The largest absolute Gasteiger partial charge is 0.443 e. The van der Waals surface area contributed by atoms with Crippen LogP contribution >= 0.6 is 0 Å². The molecule has 0 bridgehead atoms. The summed E-state index contributed by atoms with van der Waals surface area (Å²) >= 11 is 0. The van der Waals surface area contributed by atoms with Crippen LogP contribution in [0.15, 0.2) is 18.5 Å². The molecule has 0 atom stereocenters. The summed E-state index contributed by atoms with van der Waals surface area (Å²) in [5, 5.41) is 0. The number of imide groups is 1. The standard InChI is InChI=1S/C19H30N2O4/c1-13(2)9-14-10-15(12-20-11-14)21(16(22)24-18(3,4)5)17(23)25-19(6,7)8/h10-13H,9H2,1-8H3. The first-order valence-corrected chi connectivity index (χ1v) is 8.48. The Morgan fingerprint density at radius 3 is 1.88 bits per heavy atom. The zero-order valence-electron chi connectivity index (χ0n) is 16.5. The van der Waals surface area contributed by atoms with Crippen LogP contribution in [0.2, 0.25) is 0 Å². The summed E-state index contributed by atoms with van der Waals surface area (Å²) in [5.41, 5.74) is -0.202. The Morgan fingerprint density at radius 1 is 1.00 bits per heavy atom. The van der Waals surface area contributed by atoms with Gasteiger partial charge in [0.2, 0.25) is 0 Å². The maximum Gasteiger partial charge on any atom is 0.424 e. The first kappa shape index (κ1) is 20.9. The molecule has 1 aromatic heterocycles. The van der Waals surface area contributed by atoms with Gasteiger partial charge < -0.3 is 9.47 Å². The van der Waals surface area contributed by atoms with Gasteiger partial charge >= 0.3 is 12.2 Å². The van der Waals surface area contributed by atoms with Gasteiger partial charge in [0.25, 0.3) is 0 Å². The molecule has 1 aromatic rings. The molecule has 0 aliphatic rings. The van der Waals surface area contributed by atoms with Crippen LogP contribution in [-0.2, 0) is 15.9 Å². The number of anilines is 1. The quantitative estimate of drug-likeness (QED) is 0.771. The highest BCUT2D eigenvalue weighted by Gasteiger charge is 2.32. The summed E-state index contributed by atoms with van der Waals surface area (Å²) in [6.07, 6.45) is 2.40. The minimum atomic E-state index is -0.787. The molecule has 25 heavy (non-hydrogen) atoms. The summed E-state index contributed by atoms with van der Waals surface area (Å²) in [4.78, 5) is 30.2. The zero-order chi connectivity index (χ0) is 19.4. The van der Waals surface area contributed by atoms with Crippen molar-refractivity contribution in [1.82, 2.24) is 4.98 Å². The molecule has 0 unspecified atom stereocenters. The van der Waals surface area contributed by atoms with Gasteiger partial charge in [0, 0.05) is 6.20 Å². The lowest BCUT2D eigenvalue weighted by Crippen LogP contribution is -2.43.